The van der Waals surface area contributed by atoms with Gasteiger partial charge in [-0.2, -0.15) is 0 Å². The minimum Gasteiger partial charge on any atom is -0.383 e. The first kappa shape index (κ1) is 17.1. The van der Waals surface area contributed by atoms with Crippen LogP contribution >= 0.6 is 0 Å². The second-order valence-electron chi connectivity index (χ2n) is 6.07. The molecule has 25 heavy (non-hydrogen) atoms. The number of piperidine rings is 1. The van der Waals surface area contributed by atoms with E-state index in [-0.39, 0.29) is 10.6 Å². The molecule has 0 saturated carbocycles. The van der Waals surface area contributed by atoms with E-state index >= 15 is 0 Å². The predicted octanol–water partition coefficient (Wildman–Crippen LogP) is 2.19. The molecular formula is C17H22N6O2. The Morgan fingerprint density at radius 3 is 2.88 bits per heavy atom. The smallest absolute Gasteiger partial charge is 0.292 e. The van der Waals surface area contributed by atoms with Crippen LogP contribution in [0.1, 0.15) is 18.4 Å². The third-order valence-electron chi connectivity index (χ3n) is 4.38. The van der Waals surface area contributed by atoms with E-state index in [2.05, 4.69) is 25.5 Å². The molecule has 1 saturated heterocycles. The Morgan fingerprint density at radius 1 is 1.36 bits per heavy atom. The van der Waals surface area contributed by atoms with E-state index in [1.54, 1.807) is 31.6 Å². The molecule has 2 N–H and O–H groups in total. The molecule has 0 unspecified atom stereocenters. The van der Waals surface area contributed by atoms with Crippen molar-refractivity contribution >= 4 is 17.3 Å². The molecule has 8 nitrogen and oxygen atoms in total. The van der Waals surface area contributed by atoms with Crippen molar-refractivity contribution in [2.75, 3.05) is 30.4 Å². The van der Waals surface area contributed by atoms with Crippen LogP contribution in [0.4, 0.5) is 17.3 Å². The van der Waals surface area contributed by atoms with Crippen molar-refractivity contribution in [2.24, 2.45) is 0 Å². The summed E-state index contributed by atoms with van der Waals surface area (Å²) in [5.41, 5.74) is 1.53. The topological polar surface area (TPSA) is 96.2 Å². The second-order valence-corrected chi connectivity index (χ2v) is 6.07. The van der Waals surface area contributed by atoms with Crippen molar-refractivity contribution in [3.63, 3.8) is 0 Å². The van der Waals surface area contributed by atoms with E-state index in [1.165, 1.54) is 0 Å². The van der Waals surface area contributed by atoms with E-state index in [9.17, 15) is 10.1 Å². The lowest BCUT2D eigenvalue weighted by Gasteiger charge is -2.33. The third kappa shape index (κ3) is 4.21. The maximum Gasteiger partial charge on any atom is 0.292 e. The molecule has 0 amide bonds. The van der Waals surface area contributed by atoms with Gasteiger partial charge in [0, 0.05) is 51.2 Å². The number of nitrogens with zero attached hydrogens (tertiary/aromatic N) is 4. The van der Waals surface area contributed by atoms with Gasteiger partial charge in [-0.15, -0.1) is 0 Å². The number of hydrogen-bond donors (Lipinski definition) is 2. The molecule has 3 rings (SSSR count). The highest BCUT2D eigenvalue weighted by molar-refractivity contribution is 5.62. The molecule has 1 aliphatic rings. The van der Waals surface area contributed by atoms with Gasteiger partial charge in [-0.05, 0) is 30.5 Å². The fraction of sp³-hybridized carbons (Fsp3) is 0.412. The first-order chi connectivity index (χ1) is 12.2. The highest BCUT2D eigenvalue weighted by atomic mass is 16.6. The normalized spacial score (nSPS) is 17.3. The fourth-order valence-electron chi connectivity index (χ4n) is 3.09. The second kappa shape index (κ2) is 7.89. The lowest BCUT2D eigenvalue weighted by atomic mass is 10.1. The summed E-state index contributed by atoms with van der Waals surface area (Å²) in [5, 5.41) is 17.5. The highest BCUT2D eigenvalue weighted by Crippen LogP contribution is 2.25. The van der Waals surface area contributed by atoms with E-state index in [1.807, 2.05) is 12.1 Å². The maximum absolute atomic E-state index is 11.2. The lowest BCUT2D eigenvalue weighted by Crippen LogP contribution is -2.46. The van der Waals surface area contributed by atoms with Gasteiger partial charge in [-0.3, -0.25) is 10.1 Å². The number of nitrogens with one attached hydrogen (secondary N) is 2. The van der Waals surface area contributed by atoms with Crippen LogP contribution in [-0.2, 0) is 6.54 Å². The summed E-state index contributed by atoms with van der Waals surface area (Å²) in [4.78, 5) is 21.6. The van der Waals surface area contributed by atoms with Gasteiger partial charge in [0.25, 0.3) is 5.69 Å². The number of benzene rings is 1. The van der Waals surface area contributed by atoms with Gasteiger partial charge in [0.05, 0.1) is 4.92 Å². The first-order valence-electron chi connectivity index (χ1n) is 8.38. The summed E-state index contributed by atoms with van der Waals surface area (Å²) < 4.78 is 0. The average molecular weight is 342 g/mol. The standard InChI is InChI=1S/C17H22N6O2/c1-18-15-6-5-13(10-16(15)23(24)25)11-21-14-4-2-9-22(12-14)17-19-7-3-8-20-17/h3,5-8,10,14,18,21H,2,4,9,11-12H2,1H3/t14-/m0/s1. The van der Waals surface area contributed by atoms with Crippen LogP contribution < -0.4 is 15.5 Å². The Kier molecular flexibility index (Phi) is 5.39. The van der Waals surface area contributed by atoms with Gasteiger partial charge in [0.15, 0.2) is 0 Å². The van der Waals surface area contributed by atoms with Crippen LogP contribution in [0.2, 0.25) is 0 Å². The molecular weight excluding hydrogens is 320 g/mol. The van der Waals surface area contributed by atoms with Gasteiger partial charge in [0.2, 0.25) is 5.95 Å². The molecule has 2 heterocycles. The predicted molar refractivity (Wildman–Crippen MR) is 96.7 cm³/mol. The largest absolute Gasteiger partial charge is 0.383 e. The molecule has 1 aromatic carbocycles. The molecule has 132 valence electrons. The van der Waals surface area contributed by atoms with E-state index in [4.69, 9.17) is 0 Å². The van der Waals surface area contributed by atoms with Gasteiger partial charge in [-0.1, -0.05) is 6.07 Å². The minimum atomic E-state index is -0.357. The highest BCUT2D eigenvalue weighted by Gasteiger charge is 2.21. The van der Waals surface area contributed by atoms with Gasteiger partial charge in [0.1, 0.15) is 5.69 Å². The van der Waals surface area contributed by atoms with Crippen LogP contribution in [0.3, 0.4) is 0 Å². The molecule has 0 spiro atoms. The quantitative estimate of drug-likeness (QED) is 0.613. The van der Waals surface area contributed by atoms with Crippen molar-refractivity contribution in [3.05, 3.63) is 52.3 Å². The van der Waals surface area contributed by atoms with Crippen molar-refractivity contribution < 1.29 is 4.92 Å². The Balaban J connectivity index is 1.61. The Hall–Kier alpha value is -2.74. The average Bonchev–Trinajstić information content (AvgIpc) is 2.67. The minimum absolute atomic E-state index is 0.102. The molecule has 2 aromatic rings. The molecule has 1 fully saturated rings. The molecule has 8 heteroatoms. The third-order valence-corrected chi connectivity index (χ3v) is 4.38. The maximum atomic E-state index is 11.2. The molecule has 1 aromatic heterocycles. The number of nitro benzene ring substituents is 1. The molecule has 0 radical (unpaired) electrons. The summed E-state index contributed by atoms with van der Waals surface area (Å²) >= 11 is 0. The van der Waals surface area contributed by atoms with Crippen LogP contribution in [0.25, 0.3) is 0 Å². The lowest BCUT2D eigenvalue weighted by molar-refractivity contribution is -0.384. The Morgan fingerprint density at radius 2 is 2.16 bits per heavy atom. The summed E-state index contributed by atoms with van der Waals surface area (Å²) in [6, 6.07) is 7.40. The molecule has 0 bridgehead atoms. The number of nitro groups is 1. The van der Waals surface area contributed by atoms with Crippen molar-refractivity contribution in [2.45, 2.75) is 25.4 Å². The van der Waals surface area contributed by atoms with Crippen LogP contribution in [0, 0.1) is 10.1 Å². The van der Waals surface area contributed by atoms with Crippen LogP contribution in [0.15, 0.2) is 36.7 Å². The number of anilines is 2. The molecule has 1 atom stereocenters. The van der Waals surface area contributed by atoms with Crippen LogP contribution in [-0.4, -0.2) is 41.1 Å². The van der Waals surface area contributed by atoms with Gasteiger partial charge >= 0.3 is 0 Å². The van der Waals surface area contributed by atoms with E-state index in [0.717, 1.165) is 37.4 Å². The molecule has 0 aliphatic carbocycles. The fourth-order valence-corrected chi connectivity index (χ4v) is 3.09. The van der Waals surface area contributed by atoms with E-state index < -0.39 is 0 Å². The van der Waals surface area contributed by atoms with Crippen molar-refractivity contribution in [1.29, 1.82) is 0 Å². The summed E-state index contributed by atoms with van der Waals surface area (Å²) in [7, 11) is 1.68. The zero-order valence-corrected chi connectivity index (χ0v) is 14.2. The summed E-state index contributed by atoms with van der Waals surface area (Å²) in [6.45, 7) is 2.38. The monoisotopic (exact) mass is 342 g/mol. The zero-order chi connectivity index (χ0) is 17.6. The number of hydrogen-bond acceptors (Lipinski definition) is 7. The Bertz CT molecular complexity index is 724. The van der Waals surface area contributed by atoms with Crippen molar-refractivity contribution in [3.8, 4) is 0 Å². The van der Waals surface area contributed by atoms with Crippen LogP contribution in [0.5, 0.6) is 0 Å². The summed E-state index contributed by atoms with van der Waals surface area (Å²) in [5.74, 6) is 0.753. The number of aromatic nitrogens is 2. The molecule has 1 aliphatic heterocycles. The SMILES string of the molecule is CNc1ccc(CN[C@H]2CCCN(c3ncccn3)C2)cc1[N+](=O)[O-]. The van der Waals surface area contributed by atoms with E-state index in [0.29, 0.717) is 18.3 Å². The first-order valence-corrected chi connectivity index (χ1v) is 8.38. The zero-order valence-electron chi connectivity index (χ0n) is 14.2. The van der Waals surface area contributed by atoms with Gasteiger partial charge in [-0.25, -0.2) is 9.97 Å². The van der Waals surface area contributed by atoms with Crippen molar-refractivity contribution in [1.82, 2.24) is 15.3 Å². The number of rotatable bonds is 6. The summed E-state index contributed by atoms with van der Waals surface area (Å²) in [6.07, 6.45) is 5.64. The van der Waals surface area contributed by atoms with Gasteiger partial charge < -0.3 is 15.5 Å². The Labute approximate surface area is 146 Å².